The van der Waals surface area contributed by atoms with Crippen LogP contribution in [0.15, 0.2) is 10.9 Å². The molecular weight excluding hydrogens is 348 g/mol. The first-order valence-corrected chi connectivity index (χ1v) is 10.7. The van der Waals surface area contributed by atoms with Crippen molar-refractivity contribution in [1.82, 2.24) is 9.38 Å². The maximum atomic E-state index is 12.5. The maximum Gasteiger partial charge on any atom is 0.306 e. The molecule has 138 valence electrons. The van der Waals surface area contributed by atoms with Gasteiger partial charge in [0.2, 0.25) is 0 Å². The zero-order valence-corrected chi connectivity index (χ0v) is 15.7. The number of fused-ring (bicyclic) bond motifs is 5. The number of ether oxygens (including phenoxy) is 1. The molecule has 2 heterocycles. The maximum absolute atomic E-state index is 12.5. The van der Waals surface area contributed by atoms with Crippen molar-refractivity contribution in [2.24, 2.45) is 17.8 Å². The fraction of sp³-hybridized carbons (Fsp3) is 0.650. The molecule has 0 aromatic carbocycles. The first-order valence-electron chi connectivity index (χ1n) is 9.86. The molecule has 0 N–H and O–H groups in total. The number of carbonyl (C=O) groups is 1. The lowest BCUT2D eigenvalue weighted by molar-refractivity contribution is -0.146. The molecule has 0 unspecified atom stereocenters. The number of esters is 1. The zero-order valence-electron chi connectivity index (χ0n) is 14.9. The number of nitrogens with zero attached hydrogens (tertiary/aromatic N) is 2. The van der Waals surface area contributed by atoms with Crippen LogP contribution in [0, 0.1) is 17.8 Å². The number of aromatic nitrogens is 2. The van der Waals surface area contributed by atoms with Crippen LogP contribution in [0.4, 0.5) is 0 Å². The van der Waals surface area contributed by atoms with Crippen LogP contribution in [0.3, 0.4) is 0 Å². The Kier molecular flexibility index (Phi) is 4.11. The van der Waals surface area contributed by atoms with E-state index in [-0.39, 0.29) is 18.1 Å². The van der Waals surface area contributed by atoms with Crippen molar-refractivity contribution in [2.75, 3.05) is 0 Å². The van der Waals surface area contributed by atoms with Crippen molar-refractivity contribution >= 4 is 22.3 Å². The van der Waals surface area contributed by atoms with Gasteiger partial charge in [-0.1, -0.05) is 6.42 Å². The minimum absolute atomic E-state index is 0.0476. The van der Waals surface area contributed by atoms with Crippen LogP contribution in [-0.2, 0) is 29.0 Å². The van der Waals surface area contributed by atoms with Gasteiger partial charge < -0.3 is 4.74 Å². The van der Waals surface area contributed by atoms with Crippen LogP contribution in [0.1, 0.15) is 61.2 Å². The standard InChI is InChI=1S/C20H24N2O3S/c23-18-10-15(21-20-22(18)16-3-1-2-4-17(16)26-20)11-25-19(24)9-14-8-12-5-6-13(14)7-12/h10,12-14H,1-9,11H2/t12-,13-,14-/m1/s1. The largest absolute Gasteiger partial charge is 0.459 e. The molecule has 5 rings (SSSR count). The van der Waals surface area contributed by atoms with E-state index in [0.717, 1.165) is 41.8 Å². The Bertz CT molecular complexity index is 916. The Balaban J connectivity index is 1.27. The summed E-state index contributed by atoms with van der Waals surface area (Å²) in [6, 6.07) is 1.53. The molecule has 3 atom stereocenters. The third-order valence-corrected chi connectivity index (χ3v) is 7.65. The van der Waals surface area contributed by atoms with Gasteiger partial charge in [-0.05, 0) is 62.7 Å². The van der Waals surface area contributed by atoms with Gasteiger partial charge in [0.25, 0.3) is 5.56 Å². The summed E-state index contributed by atoms with van der Waals surface area (Å²) in [5, 5.41) is 0. The van der Waals surface area contributed by atoms with Crippen LogP contribution in [-0.4, -0.2) is 15.4 Å². The topological polar surface area (TPSA) is 60.7 Å². The molecule has 6 heteroatoms. The average Bonchev–Trinajstić information content (AvgIpc) is 3.33. The van der Waals surface area contributed by atoms with Crippen molar-refractivity contribution in [1.29, 1.82) is 0 Å². The van der Waals surface area contributed by atoms with E-state index in [1.165, 1.54) is 43.0 Å². The number of hydrogen-bond acceptors (Lipinski definition) is 5. The highest BCUT2D eigenvalue weighted by Crippen LogP contribution is 2.49. The van der Waals surface area contributed by atoms with E-state index in [2.05, 4.69) is 4.98 Å². The second-order valence-electron chi connectivity index (χ2n) is 8.18. The number of rotatable bonds is 4. The van der Waals surface area contributed by atoms with Gasteiger partial charge in [0.15, 0.2) is 4.96 Å². The van der Waals surface area contributed by atoms with E-state index in [0.29, 0.717) is 18.0 Å². The van der Waals surface area contributed by atoms with E-state index in [9.17, 15) is 9.59 Å². The molecule has 0 saturated heterocycles. The number of hydrogen-bond donors (Lipinski definition) is 0. The molecule has 3 aliphatic rings. The fourth-order valence-electron chi connectivity index (χ4n) is 5.27. The van der Waals surface area contributed by atoms with Crippen molar-refractivity contribution in [3.63, 3.8) is 0 Å². The minimum Gasteiger partial charge on any atom is -0.459 e. The molecule has 2 saturated carbocycles. The normalized spacial score (nSPS) is 27.0. The molecule has 2 bridgehead atoms. The van der Waals surface area contributed by atoms with Crippen LogP contribution in [0.5, 0.6) is 0 Å². The zero-order chi connectivity index (χ0) is 17.7. The van der Waals surface area contributed by atoms with Crippen molar-refractivity contribution < 1.29 is 9.53 Å². The van der Waals surface area contributed by atoms with Gasteiger partial charge >= 0.3 is 5.97 Å². The first-order chi connectivity index (χ1) is 12.7. The van der Waals surface area contributed by atoms with Gasteiger partial charge in [-0.2, -0.15) is 0 Å². The van der Waals surface area contributed by atoms with Gasteiger partial charge in [0.05, 0.1) is 5.69 Å². The molecule has 0 spiro atoms. The van der Waals surface area contributed by atoms with Crippen LogP contribution in [0.25, 0.3) is 4.96 Å². The molecule has 2 fully saturated rings. The predicted octanol–water partition coefficient (Wildman–Crippen LogP) is 3.50. The lowest BCUT2D eigenvalue weighted by Crippen LogP contribution is -2.20. The van der Waals surface area contributed by atoms with E-state index in [1.807, 2.05) is 0 Å². The van der Waals surface area contributed by atoms with E-state index in [1.54, 1.807) is 15.7 Å². The quantitative estimate of drug-likeness (QED) is 0.771. The number of aryl methyl sites for hydroxylation is 2. The van der Waals surface area contributed by atoms with Crippen molar-refractivity contribution in [3.05, 3.63) is 32.7 Å². The van der Waals surface area contributed by atoms with Crippen LogP contribution < -0.4 is 5.56 Å². The summed E-state index contributed by atoms with van der Waals surface area (Å²) in [4.78, 5) is 31.4. The molecule has 2 aromatic rings. The molecule has 0 aliphatic heterocycles. The molecular formula is C20H24N2O3S. The SMILES string of the molecule is O=C(C[C@H]1C[C@@H]2CC[C@@H]1C2)OCc1cc(=O)n2c3c(sc2n1)CCCC3. The lowest BCUT2D eigenvalue weighted by Gasteiger charge is -2.20. The van der Waals surface area contributed by atoms with Gasteiger partial charge in [0.1, 0.15) is 6.61 Å². The van der Waals surface area contributed by atoms with Crippen LogP contribution >= 0.6 is 11.3 Å². The predicted molar refractivity (Wildman–Crippen MR) is 99.3 cm³/mol. The Labute approximate surface area is 156 Å². The summed E-state index contributed by atoms with van der Waals surface area (Å²) in [5.41, 5.74) is 1.65. The Morgan fingerprint density at radius 3 is 2.96 bits per heavy atom. The number of thiazole rings is 1. The highest BCUT2D eigenvalue weighted by atomic mass is 32.1. The first kappa shape index (κ1) is 16.5. The summed E-state index contributed by atoms with van der Waals surface area (Å²) in [6.07, 6.45) is 9.94. The molecule has 5 nitrogen and oxygen atoms in total. The van der Waals surface area contributed by atoms with Crippen LogP contribution in [0.2, 0.25) is 0 Å². The molecule has 2 aromatic heterocycles. The lowest BCUT2D eigenvalue weighted by atomic mass is 9.86. The summed E-state index contributed by atoms with van der Waals surface area (Å²) in [5.74, 6) is 1.93. The van der Waals surface area contributed by atoms with Crippen molar-refractivity contribution in [2.45, 2.75) is 64.4 Å². The van der Waals surface area contributed by atoms with E-state index < -0.39 is 0 Å². The third-order valence-electron chi connectivity index (χ3n) is 6.51. The summed E-state index contributed by atoms with van der Waals surface area (Å²) >= 11 is 1.61. The molecule has 0 radical (unpaired) electrons. The second-order valence-corrected chi connectivity index (χ2v) is 9.24. The minimum atomic E-state index is -0.143. The highest BCUT2D eigenvalue weighted by Gasteiger charge is 2.40. The second kappa shape index (κ2) is 6.48. The third kappa shape index (κ3) is 2.88. The Morgan fingerprint density at radius 2 is 2.15 bits per heavy atom. The summed E-state index contributed by atoms with van der Waals surface area (Å²) in [6.45, 7) is 0.105. The Morgan fingerprint density at radius 1 is 1.27 bits per heavy atom. The average molecular weight is 372 g/mol. The molecule has 0 amide bonds. The summed E-state index contributed by atoms with van der Waals surface area (Å²) in [7, 11) is 0. The number of carbonyl (C=O) groups excluding carboxylic acids is 1. The Hall–Kier alpha value is -1.69. The van der Waals surface area contributed by atoms with Gasteiger partial charge in [0, 0.05) is 23.1 Å². The molecule has 26 heavy (non-hydrogen) atoms. The summed E-state index contributed by atoms with van der Waals surface area (Å²) < 4.78 is 7.21. The van der Waals surface area contributed by atoms with E-state index in [4.69, 9.17) is 4.74 Å². The monoisotopic (exact) mass is 372 g/mol. The van der Waals surface area contributed by atoms with Gasteiger partial charge in [-0.3, -0.25) is 14.0 Å². The van der Waals surface area contributed by atoms with Gasteiger partial charge in [-0.15, -0.1) is 11.3 Å². The van der Waals surface area contributed by atoms with E-state index >= 15 is 0 Å². The van der Waals surface area contributed by atoms with Gasteiger partial charge in [-0.25, -0.2) is 4.98 Å². The highest BCUT2D eigenvalue weighted by molar-refractivity contribution is 7.17. The smallest absolute Gasteiger partial charge is 0.306 e. The fourth-order valence-corrected chi connectivity index (χ4v) is 6.50. The van der Waals surface area contributed by atoms with Crippen molar-refractivity contribution in [3.8, 4) is 0 Å². The molecule has 3 aliphatic carbocycles.